The fourth-order valence-corrected chi connectivity index (χ4v) is 2.99. The molecule has 2 fully saturated rings. The maximum atomic E-state index is 12.1. The number of hydrogen-bond donors (Lipinski definition) is 0. The van der Waals surface area contributed by atoms with Gasteiger partial charge in [0.25, 0.3) is 0 Å². The van der Waals surface area contributed by atoms with Gasteiger partial charge in [-0.1, -0.05) is 0 Å². The molecule has 1 aromatic carbocycles. The Balaban J connectivity index is 1.84. The summed E-state index contributed by atoms with van der Waals surface area (Å²) in [6, 6.07) is 5.29. The minimum atomic E-state index is -0.568. The molecule has 2 aliphatic rings. The van der Waals surface area contributed by atoms with Gasteiger partial charge in [-0.05, 0) is 57.8 Å². The summed E-state index contributed by atoms with van der Waals surface area (Å²) in [7, 11) is 0.793. The number of carbonyl (C=O) groups excluding carboxylic acids is 1. The van der Waals surface area contributed by atoms with Gasteiger partial charge in [0, 0.05) is 12.5 Å². The maximum absolute atomic E-state index is 12.1. The van der Waals surface area contributed by atoms with E-state index in [1.54, 1.807) is 12.1 Å². The van der Waals surface area contributed by atoms with Crippen molar-refractivity contribution in [2.24, 2.45) is 5.92 Å². The fraction of sp³-hybridized carbons (Fsp3) is 0.632. The first-order chi connectivity index (χ1) is 12.2. The van der Waals surface area contributed by atoms with Gasteiger partial charge in [-0.2, -0.15) is 0 Å². The summed E-state index contributed by atoms with van der Waals surface area (Å²) in [6.07, 6.45) is 0.987. The number of hydrogen-bond acceptors (Lipinski definition) is 6. The quantitative estimate of drug-likeness (QED) is 0.591. The van der Waals surface area contributed by atoms with Crippen LogP contribution in [0.1, 0.15) is 44.5 Å². The molecule has 2 heterocycles. The van der Waals surface area contributed by atoms with Crippen LogP contribution < -0.4 is 10.2 Å². The van der Waals surface area contributed by atoms with Gasteiger partial charge in [-0.15, -0.1) is 0 Å². The molecule has 0 saturated carbocycles. The van der Waals surface area contributed by atoms with Crippen LogP contribution in [0.2, 0.25) is 0 Å². The number of benzene rings is 1. The molecule has 7 heteroatoms. The molecule has 0 spiro atoms. The van der Waals surface area contributed by atoms with Crippen LogP contribution in [-0.2, 0) is 18.8 Å². The molecular formula is C19H27BO6. The summed E-state index contributed by atoms with van der Waals surface area (Å²) in [6.45, 7) is 10.0. The standard InChI is InChI=1S/C19H27BO6/c1-18(2)19(3,4)26-20(25-18)15-8-14(17(21)22-5)9-16(10-15)24-12-13-6-7-23-11-13/h8-10,13H,6-7,11-12H2,1-5H3. The second kappa shape index (κ2) is 7.21. The Kier molecular flexibility index (Phi) is 5.33. The third kappa shape index (κ3) is 3.90. The van der Waals surface area contributed by atoms with Crippen molar-refractivity contribution < 1.29 is 28.3 Å². The molecule has 3 rings (SSSR count). The SMILES string of the molecule is COC(=O)c1cc(OCC2CCOC2)cc(B2OC(C)(C)C(C)(C)O2)c1. The van der Waals surface area contributed by atoms with Crippen molar-refractivity contribution in [3.63, 3.8) is 0 Å². The lowest BCUT2D eigenvalue weighted by atomic mass is 9.78. The molecule has 1 aromatic rings. The average molecular weight is 362 g/mol. The molecule has 2 saturated heterocycles. The zero-order valence-electron chi connectivity index (χ0n) is 16.2. The van der Waals surface area contributed by atoms with E-state index in [1.807, 2.05) is 33.8 Å². The number of esters is 1. The van der Waals surface area contributed by atoms with E-state index in [1.165, 1.54) is 7.11 Å². The molecule has 142 valence electrons. The Bertz CT molecular complexity index is 650. The molecule has 26 heavy (non-hydrogen) atoms. The van der Waals surface area contributed by atoms with E-state index in [4.69, 9.17) is 23.5 Å². The number of ether oxygens (including phenoxy) is 3. The van der Waals surface area contributed by atoms with Gasteiger partial charge in [0.05, 0.1) is 37.1 Å². The Morgan fingerprint density at radius 2 is 1.88 bits per heavy atom. The summed E-state index contributed by atoms with van der Waals surface area (Å²) in [4.78, 5) is 12.1. The summed E-state index contributed by atoms with van der Waals surface area (Å²) >= 11 is 0. The largest absolute Gasteiger partial charge is 0.494 e. The van der Waals surface area contributed by atoms with E-state index in [9.17, 15) is 4.79 Å². The van der Waals surface area contributed by atoms with Crippen LogP contribution in [0, 0.1) is 5.92 Å². The molecule has 0 bridgehead atoms. The van der Waals surface area contributed by atoms with Crippen LogP contribution in [0.15, 0.2) is 18.2 Å². The predicted molar refractivity (Wildman–Crippen MR) is 97.9 cm³/mol. The van der Waals surface area contributed by atoms with Crippen LogP contribution in [0.4, 0.5) is 0 Å². The summed E-state index contributed by atoms with van der Waals surface area (Å²) < 4.78 is 28.4. The first kappa shape index (κ1) is 19.2. The first-order valence-corrected chi connectivity index (χ1v) is 9.01. The van der Waals surface area contributed by atoms with Gasteiger partial charge in [0.2, 0.25) is 0 Å². The van der Waals surface area contributed by atoms with E-state index in [0.29, 0.717) is 30.4 Å². The molecular weight excluding hydrogens is 335 g/mol. The highest BCUT2D eigenvalue weighted by Crippen LogP contribution is 2.36. The van der Waals surface area contributed by atoms with Crippen molar-refractivity contribution in [1.82, 2.24) is 0 Å². The molecule has 1 unspecified atom stereocenters. The Morgan fingerprint density at radius 1 is 1.19 bits per heavy atom. The van der Waals surface area contributed by atoms with Gasteiger partial charge >= 0.3 is 13.1 Å². The minimum Gasteiger partial charge on any atom is -0.493 e. The van der Waals surface area contributed by atoms with Crippen molar-refractivity contribution in [3.05, 3.63) is 23.8 Å². The van der Waals surface area contributed by atoms with Gasteiger partial charge in [-0.25, -0.2) is 4.79 Å². The van der Waals surface area contributed by atoms with E-state index in [2.05, 4.69) is 0 Å². The number of carbonyl (C=O) groups is 1. The molecule has 0 aliphatic carbocycles. The monoisotopic (exact) mass is 362 g/mol. The van der Waals surface area contributed by atoms with Crippen molar-refractivity contribution in [2.75, 3.05) is 26.9 Å². The smallest absolute Gasteiger partial charge is 0.493 e. The topological polar surface area (TPSA) is 63.2 Å². The Labute approximate surface area is 155 Å². The number of rotatable bonds is 5. The lowest BCUT2D eigenvalue weighted by molar-refractivity contribution is 0.00578. The second-order valence-corrected chi connectivity index (χ2v) is 7.91. The highest BCUT2D eigenvalue weighted by molar-refractivity contribution is 6.62. The first-order valence-electron chi connectivity index (χ1n) is 9.01. The van der Waals surface area contributed by atoms with E-state index in [0.717, 1.165) is 18.5 Å². The minimum absolute atomic E-state index is 0.372. The summed E-state index contributed by atoms with van der Waals surface area (Å²) in [5.41, 5.74) is 0.240. The molecule has 2 aliphatic heterocycles. The molecule has 6 nitrogen and oxygen atoms in total. The van der Waals surface area contributed by atoms with Crippen LogP contribution in [0.3, 0.4) is 0 Å². The molecule has 0 radical (unpaired) electrons. The molecule has 0 aromatic heterocycles. The lowest BCUT2D eigenvalue weighted by Gasteiger charge is -2.32. The number of methoxy groups -OCH3 is 1. The second-order valence-electron chi connectivity index (χ2n) is 7.91. The van der Waals surface area contributed by atoms with Gasteiger partial charge in [-0.3, -0.25) is 0 Å². The van der Waals surface area contributed by atoms with E-state index >= 15 is 0 Å². The van der Waals surface area contributed by atoms with E-state index in [-0.39, 0.29) is 0 Å². The van der Waals surface area contributed by atoms with Crippen LogP contribution in [-0.4, -0.2) is 51.2 Å². The van der Waals surface area contributed by atoms with Gasteiger partial charge in [0.15, 0.2) is 0 Å². The maximum Gasteiger partial charge on any atom is 0.494 e. The van der Waals surface area contributed by atoms with E-state index < -0.39 is 24.3 Å². The molecule has 0 amide bonds. The normalized spacial score (nSPS) is 23.9. The fourth-order valence-electron chi connectivity index (χ4n) is 2.99. The molecule has 1 atom stereocenters. The van der Waals surface area contributed by atoms with Crippen molar-refractivity contribution >= 4 is 18.6 Å². The average Bonchev–Trinajstić information content (AvgIpc) is 3.18. The van der Waals surface area contributed by atoms with Gasteiger partial charge in [0.1, 0.15) is 5.75 Å². The van der Waals surface area contributed by atoms with Crippen molar-refractivity contribution in [1.29, 1.82) is 0 Å². The third-order valence-electron chi connectivity index (χ3n) is 5.39. The lowest BCUT2D eigenvalue weighted by Crippen LogP contribution is -2.41. The Hall–Kier alpha value is -1.57. The van der Waals surface area contributed by atoms with Crippen LogP contribution in [0.5, 0.6) is 5.75 Å². The van der Waals surface area contributed by atoms with Crippen molar-refractivity contribution in [2.45, 2.75) is 45.3 Å². The Morgan fingerprint density at radius 3 is 2.46 bits per heavy atom. The van der Waals surface area contributed by atoms with Gasteiger partial charge < -0.3 is 23.5 Å². The zero-order chi connectivity index (χ0) is 18.9. The molecule has 0 N–H and O–H groups in total. The van der Waals surface area contributed by atoms with Crippen LogP contribution >= 0.6 is 0 Å². The predicted octanol–water partition coefficient (Wildman–Crippen LogP) is 2.19. The highest BCUT2D eigenvalue weighted by Gasteiger charge is 2.51. The van der Waals surface area contributed by atoms with Crippen molar-refractivity contribution in [3.8, 4) is 5.75 Å². The highest BCUT2D eigenvalue weighted by atomic mass is 16.7. The summed E-state index contributed by atoms with van der Waals surface area (Å²) in [5, 5.41) is 0. The zero-order valence-corrected chi connectivity index (χ0v) is 16.2. The summed E-state index contributed by atoms with van der Waals surface area (Å²) in [5.74, 6) is 0.555. The van der Waals surface area contributed by atoms with Crippen LogP contribution in [0.25, 0.3) is 0 Å². The third-order valence-corrected chi connectivity index (χ3v) is 5.39.